The van der Waals surface area contributed by atoms with Crippen molar-refractivity contribution >= 4 is 11.3 Å². The van der Waals surface area contributed by atoms with Gasteiger partial charge in [-0.25, -0.2) is 4.98 Å². The number of hydrogen-bond acceptors (Lipinski definition) is 2. The average Bonchev–Trinajstić information content (AvgIpc) is 2.85. The van der Waals surface area contributed by atoms with E-state index >= 15 is 0 Å². The van der Waals surface area contributed by atoms with E-state index in [1.54, 1.807) is 11.3 Å². The van der Waals surface area contributed by atoms with Crippen LogP contribution >= 0.6 is 11.3 Å². The maximum Gasteiger partial charge on any atom is 0.123 e. The van der Waals surface area contributed by atoms with Crippen LogP contribution < -0.4 is 0 Å². The summed E-state index contributed by atoms with van der Waals surface area (Å²) in [5.41, 5.74) is 2.59. The lowest BCUT2D eigenvalue weighted by Crippen LogP contribution is -1.79. The highest BCUT2D eigenvalue weighted by Gasteiger charge is 1.98. The summed E-state index contributed by atoms with van der Waals surface area (Å²) in [5.74, 6) is 0. The molecule has 80 valence electrons. The molecule has 2 aromatic rings. The van der Waals surface area contributed by atoms with Gasteiger partial charge in [-0.1, -0.05) is 45.0 Å². The van der Waals surface area contributed by atoms with E-state index in [9.17, 15) is 0 Å². The molecule has 15 heavy (non-hydrogen) atoms. The van der Waals surface area contributed by atoms with Crippen LogP contribution in [0.4, 0.5) is 0 Å². The second-order valence-electron chi connectivity index (χ2n) is 2.89. The standard InChI is InChI=1S/C11H11NS.C2H6/c1-2-9-3-5-10(6-4-9)11-12-7-8-13-11;1-2/h3-8H,2H2,1H3;1-2H3. The van der Waals surface area contributed by atoms with Gasteiger partial charge in [0.1, 0.15) is 5.01 Å². The molecule has 0 unspecified atom stereocenters. The van der Waals surface area contributed by atoms with Crippen LogP contribution in [0.25, 0.3) is 10.6 Å². The van der Waals surface area contributed by atoms with Crippen LogP contribution in [0.3, 0.4) is 0 Å². The molecule has 0 saturated heterocycles. The zero-order valence-electron chi connectivity index (χ0n) is 9.53. The van der Waals surface area contributed by atoms with Gasteiger partial charge in [0, 0.05) is 17.1 Å². The minimum atomic E-state index is 1.10. The molecular weight excluding hydrogens is 202 g/mol. The van der Waals surface area contributed by atoms with Crippen LogP contribution in [-0.4, -0.2) is 4.98 Å². The Labute approximate surface area is 95.8 Å². The van der Waals surface area contributed by atoms with E-state index in [1.165, 1.54) is 11.1 Å². The highest BCUT2D eigenvalue weighted by molar-refractivity contribution is 7.13. The summed E-state index contributed by atoms with van der Waals surface area (Å²) in [6.07, 6.45) is 2.94. The van der Waals surface area contributed by atoms with Crippen molar-refractivity contribution in [2.24, 2.45) is 0 Å². The monoisotopic (exact) mass is 219 g/mol. The van der Waals surface area contributed by atoms with E-state index < -0.39 is 0 Å². The van der Waals surface area contributed by atoms with E-state index in [0.717, 1.165) is 11.4 Å². The van der Waals surface area contributed by atoms with E-state index in [4.69, 9.17) is 0 Å². The lowest BCUT2D eigenvalue weighted by Gasteiger charge is -1.98. The first-order chi connectivity index (χ1) is 7.40. The van der Waals surface area contributed by atoms with E-state index in [1.807, 2.05) is 25.4 Å². The van der Waals surface area contributed by atoms with Crippen molar-refractivity contribution in [2.75, 3.05) is 0 Å². The molecule has 0 amide bonds. The smallest absolute Gasteiger partial charge is 0.123 e. The van der Waals surface area contributed by atoms with Gasteiger partial charge in [-0.3, -0.25) is 0 Å². The third-order valence-corrected chi connectivity index (χ3v) is 2.86. The molecule has 0 N–H and O–H groups in total. The van der Waals surface area contributed by atoms with Gasteiger partial charge in [-0.2, -0.15) is 0 Å². The molecule has 1 aromatic heterocycles. The second-order valence-corrected chi connectivity index (χ2v) is 3.78. The topological polar surface area (TPSA) is 12.9 Å². The van der Waals surface area contributed by atoms with Gasteiger partial charge < -0.3 is 0 Å². The van der Waals surface area contributed by atoms with Gasteiger partial charge in [0.15, 0.2) is 0 Å². The van der Waals surface area contributed by atoms with Crippen LogP contribution in [0, 0.1) is 0 Å². The molecule has 0 aliphatic heterocycles. The Morgan fingerprint density at radius 2 is 1.80 bits per heavy atom. The van der Waals surface area contributed by atoms with Gasteiger partial charge >= 0.3 is 0 Å². The Morgan fingerprint density at radius 3 is 2.27 bits per heavy atom. The minimum absolute atomic E-state index is 1.10. The van der Waals surface area contributed by atoms with Gasteiger partial charge in [-0.05, 0) is 12.0 Å². The Hall–Kier alpha value is -1.15. The van der Waals surface area contributed by atoms with Gasteiger partial charge in [0.2, 0.25) is 0 Å². The highest BCUT2D eigenvalue weighted by Crippen LogP contribution is 2.21. The molecule has 0 aliphatic carbocycles. The average molecular weight is 219 g/mol. The lowest BCUT2D eigenvalue weighted by molar-refractivity contribution is 1.14. The van der Waals surface area contributed by atoms with Crippen LogP contribution in [0.2, 0.25) is 0 Å². The van der Waals surface area contributed by atoms with Crippen LogP contribution in [-0.2, 0) is 6.42 Å². The Balaban J connectivity index is 0.000000531. The van der Waals surface area contributed by atoms with Crippen LogP contribution in [0.15, 0.2) is 35.8 Å². The maximum absolute atomic E-state index is 4.26. The number of aryl methyl sites for hydroxylation is 1. The summed E-state index contributed by atoms with van der Waals surface area (Å²) in [4.78, 5) is 4.26. The van der Waals surface area contributed by atoms with Gasteiger partial charge in [-0.15, -0.1) is 11.3 Å². The fraction of sp³-hybridized carbons (Fsp3) is 0.308. The maximum atomic E-state index is 4.26. The van der Waals surface area contributed by atoms with Crippen molar-refractivity contribution in [3.63, 3.8) is 0 Å². The van der Waals surface area contributed by atoms with Crippen molar-refractivity contribution in [3.8, 4) is 10.6 Å². The second kappa shape index (κ2) is 6.36. The molecule has 1 nitrogen and oxygen atoms in total. The number of rotatable bonds is 2. The molecule has 0 aliphatic rings. The largest absolute Gasteiger partial charge is 0.245 e. The SMILES string of the molecule is CC.CCc1ccc(-c2nccs2)cc1. The van der Waals surface area contributed by atoms with E-state index in [0.29, 0.717) is 0 Å². The first kappa shape index (κ1) is 11.9. The molecule has 0 bridgehead atoms. The van der Waals surface area contributed by atoms with Gasteiger partial charge in [0.05, 0.1) is 0 Å². The summed E-state index contributed by atoms with van der Waals surface area (Å²) >= 11 is 1.68. The first-order valence-corrected chi connectivity index (χ1v) is 6.27. The summed E-state index contributed by atoms with van der Waals surface area (Å²) in [6, 6.07) is 8.60. The third kappa shape index (κ3) is 3.17. The quantitative estimate of drug-likeness (QED) is 0.729. The zero-order valence-corrected chi connectivity index (χ0v) is 10.3. The molecular formula is C13H17NS. The van der Waals surface area contributed by atoms with Gasteiger partial charge in [0.25, 0.3) is 0 Å². The fourth-order valence-corrected chi connectivity index (χ4v) is 1.89. The van der Waals surface area contributed by atoms with Crippen molar-refractivity contribution in [3.05, 3.63) is 41.4 Å². The van der Waals surface area contributed by atoms with Crippen molar-refractivity contribution in [1.29, 1.82) is 0 Å². The summed E-state index contributed by atoms with van der Waals surface area (Å²) in [5, 5.41) is 3.10. The summed E-state index contributed by atoms with van der Waals surface area (Å²) in [6.45, 7) is 6.17. The lowest BCUT2D eigenvalue weighted by atomic mass is 10.1. The summed E-state index contributed by atoms with van der Waals surface area (Å²) in [7, 11) is 0. The number of benzene rings is 1. The molecule has 0 spiro atoms. The fourth-order valence-electron chi connectivity index (χ4n) is 1.25. The van der Waals surface area contributed by atoms with Crippen LogP contribution in [0.1, 0.15) is 26.3 Å². The predicted molar refractivity (Wildman–Crippen MR) is 68.3 cm³/mol. The third-order valence-electron chi connectivity index (χ3n) is 2.04. The molecule has 1 aromatic carbocycles. The first-order valence-electron chi connectivity index (χ1n) is 5.39. The molecule has 0 atom stereocenters. The summed E-state index contributed by atoms with van der Waals surface area (Å²) < 4.78 is 0. The Morgan fingerprint density at radius 1 is 1.13 bits per heavy atom. The normalized spacial score (nSPS) is 9.27. The predicted octanol–water partition coefficient (Wildman–Crippen LogP) is 4.40. The molecule has 1 heterocycles. The molecule has 0 radical (unpaired) electrons. The van der Waals surface area contributed by atoms with Crippen molar-refractivity contribution in [2.45, 2.75) is 27.2 Å². The molecule has 0 saturated carbocycles. The molecule has 0 fully saturated rings. The van der Waals surface area contributed by atoms with E-state index in [2.05, 4.69) is 36.2 Å². The highest BCUT2D eigenvalue weighted by atomic mass is 32.1. The molecule has 2 heteroatoms. The van der Waals surface area contributed by atoms with E-state index in [-0.39, 0.29) is 0 Å². The number of aromatic nitrogens is 1. The zero-order chi connectivity index (χ0) is 11.1. The Bertz CT molecular complexity index is 362. The Kier molecular flexibility index (Phi) is 5.05. The number of nitrogens with zero attached hydrogens (tertiary/aromatic N) is 1. The number of hydrogen-bond donors (Lipinski definition) is 0. The van der Waals surface area contributed by atoms with Crippen molar-refractivity contribution < 1.29 is 0 Å². The minimum Gasteiger partial charge on any atom is -0.245 e. The number of thiazole rings is 1. The van der Waals surface area contributed by atoms with Crippen LogP contribution in [0.5, 0.6) is 0 Å². The van der Waals surface area contributed by atoms with Crippen molar-refractivity contribution in [1.82, 2.24) is 4.98 Å². The molecule has 2 rings (SSSR count).